The van der Waals surface area contributed by atoms with Crippen molar-refractivity contribution in [1.29, 1.82) is 0 Å². The highest BCUT2D eigenvalue weighted by atomic mass is 16.6. The molecule has 7 heteroatoms. The van der Waals surface area contributed by atoms with Gasteiger partial charge in [0.2, 0.25) is 0 Å². The van der Waals surface area contributed by atoms with Crippen molar-refractivity contribution in [2.75, 3.05) is 6.54 Å². The lowest BCUT2D eigenvalue weighted by Gasteiger charge is -2.27. The molecule has 3 heterocycles. The van der Waals surface area contributed by atoms with E-state index in [4.69, 9.17) is 4.98 Å². The maximum atomic E-state index is 11.4. The van der Waals surface area contributed by atoms with E-state index in [0.717, 1.165) is 54.4 Å². The zero-order valence-corrected chi connectivity index (χ0v) is 15.0. The molecule has 1 saturated carbocycles. The lowest BCUT2D eigenvalue weighted by Crippen LogP contribution is -2.31. The van der Waals surface area contributed by atoms with Crippen LogP contribution in [-0.2, 0) is 25.9 Å². The number of aromatic amines is 1. The monoisotopic (exact) mass is 363 g/mol. The van der Waals surface area contributed by atoms with Crippen LogP contribution < -0.4 is 0 Å². The Morgan fingerprint density at radius 1 is 1.33 bits per heavy atom. The summed E-state index contributed by atoms with van der Waals surface area (Å²) in [4.78, 5) is 25.9. The zero-order valence-electron chi connectivity index (χ0n) is 15.0. The Balaban J connectivity index is 1.39. The first kappa shape index (κ1) is 16.4. The maximum absolute atomic E-state index is 11.4. The Labute approximate surface area is 156 Å². The predicted molar refractivity (Wildman–Crippen MR) is 101 cm³/mol. The fourth-order valence-electron chi connectivity index (χ4n) is 3.96. The minimum Gasteiger partial charge on any atom is -0.361 e. The van der Waals surface area contributed by atoms with Crippen LogP contribution in [-0.4, -0.2) is 31.3 Å². The number of H-pyrrole nitrogens is 1. The largest absolute Gasteiger partial charge is 0.361 e. The quantitative estimate of drug-likeness (QED) is 0.555. The first-order valence-electron chi connectivity index (χ1n) is 9.47. The molecule has 0 radical (unpaired) electrons. The Morgan fingerprint density at radius 2 is 2.22 bits per heavy atom. The Morgan fingerprint density at radius 3 is 3.04 bits per heavy atom. The van der Waals surface area contributed by atoms with E-state index >= 15 is 0 Å². The maximum Gasteiger partial charge on any atom is 0.279 e. The van der Waals surface area contributed by atoms with E-state index in [9.17, 15) is 10.1 Å². The van der Waals surface area contributed by atoms with Crippen molar-refractivity contribution in [3.05, 3.63) is 63.4 Å². The van der Waals surface area contributed by atoms with Gasteiger partial charge in [-0.2, -0.15) is 0 Å². The molecule has 138 valence electrons. The van der Waals surface area contributed by atoms with E-state index in [1.165, 1.54) is 18.4 Å². The molecular formula is C20H21N5O2. The van der Waals surface area contributed by atoms with Crippen LogP contribution in [0.25, 0.3) is 10.9 Å². The third-order valence-corrected chi connectivity index (χ3v) is 5.60. The fourth-order valence-corrected chi connectivity index (χ4v) is 3.96. The molecule has 0 amide bonds. The number of nitro benzene ring substituents is 1. The van der Waals surface area contributed by atoms with Crippen molar-refractivity contribution in [3.63, 3.8) is 0 Å². The first-order chi connectivity index (χ1) is 13.2. The molecule has 0 atom stereocenters. The van der Waals surface area contributed by atoms with Crippen LogP contribution >= 0.6 is 0 Å². The number of nitrogens with one attached hydrogen (secondary N) is 1. The summed E-state index contributed by atoms with van der Waals surface area (Å²) in [5.74, 6) is 1.73. The molecule has 2 aromatic heterocycles. The van der Waals surface area contributed by atoms with E-state index in [1.54, 1.807) is 12.1 Å². The molecule has 1 aliphatic heterocycles. The highest BCUT2D eigenvalue weighted by Gasteiger charge is 2.25. The summed E-state index contributed by atoms with van der Waals surface area (Å²) in [6, 6.07) is 5.17. The number of benzene rings is 1. The summed E-state index contributed by atoms with van der Waals surface area (Å²) in [5.41, 5.74) is 4.28. The second kappa shape index (κ2) is 6.42. The third kappa shape index (κ3) is 3.19. The number of non-ortho nitro benzene ring substituents is 1. The van der Waals surface area contributed by atoms with Crippen molar-refractivity contribution in [2.24, 2.45) is 5.92 Å². The van der Waals surface area contributed by atoms with Crippen molar-refractivity contribution in [2.45, 2.75) is 38.8 Å². The summed E-state index contributed by atoms with van der Waals surface area (Å²) >= 11 is 0. The number of nitro groups is 1. The number of hydrogen-bond donors (Lipinski definition) is 1. The number of rotatable bonds is 5. The van der Waals surface area contributed by atoms with Crippen LogP contribution in [0.4, 0.5) is 5.69 Å². The zero-order chi connectivity index (χ0) is 18.4. The van der Waals surface area contributed by atoms with Gasteiger partial charge in [-0.05, 0) is 42.4 Å². The van der Waals surface area contributed by atoms with E-state index in [0.29, 0.717) is 11.9 Å². The van der Waals surface area contributed by atoms with Crippen LogP contribution in [0.1, 0.15) is 35.5 Å². The fraction of sp³-hybridized carbons (Fsp3) is 0.400. The molecule has 0 spiro atoms. The van der Waals surface area contributed by atoms with Crippen molar-refractivity contribution in [1.82, 2.24) is 19.9 Å². The molecule has 1 aliphatic carbocycles. The van der Waals surface area contributed by atoms with Gasteiger partial charge in [0.1, 0.15) is 5.82 Å². The number of aromatic nitrogens is 3. The molecule has 5 rings (SSSR count). The Hall–Kier alpha value is -2.80. The summed E-state index contributed by atoms with van der Waals surface area (Å²) in [6.45, 7) is 2.35. The summed E-state index contributed by atoms with van der Waals surface area (Å²) in [6.07, 6.45) is 8.39. The molecule has 1 N–H and O–H groups in total. The topological polar surface area (TPSA) is 88.0 Å². The molecule has 0 unspecified atom stereocenters. The van der Waals surface area contributed by atoms with E-state index in [2.05, 4.69) is 14.9 Å². The van der Waals surface area contributed by atoms with Gasteiger partial charge in [-0.25, -0.2) is 9.97 Å². The Kier molecular flexibility index (Phi) is 3.89. The van der Waals surface area contributed by atoms with Crippen LogP contribution in [0.15, 0.2) is 30.6 Å². The van der Waals surface area contributed by atoms with E-state index in [1.807, 2.05) is 18.5 Å². The third-order valence-electron chi connectivity index (χ3n) is 5.60. The van der Waals surface area contributed by atoms with E-state index < -0.39 is 0 Å². The number of nitrogens with zero attached hydrogens (tertiary/aromatic N) is 4. The average Bonchev–Trinajstić information content (AvgIpc) is 3.39. The second-order valence-corrected chi connectivity index (χ2v) is 7.64. The molecule has 7 nitrogen and oxygen atoms in total. The first-order valence-corrected chi connectivity index (χ1v) is 9.47. The van der Waals surface area contributed by atoms with Gasteiger partial charge in [-0.15, -0.1) is 0 Å². The molecule has 1 aromatic carbocycles. The number of hydrogen-bond acceptors (Lipinski definition) is 5. The van der Waals surface area contributed by atoms with Gasteiger partial charge < -0.3 is 4.98 Å². The van der Waals surface area contributed by atoms with Crippen molar-refractivity contribution in [3.8, 4) is 0 Å². The molecular weight excluding hydrogens is 342 g/mol. The molecule has 2 aliphatic rings. The minimum absolute atomic E-state index is 0.162. The van der Waals surface area contributed by atoms with Gasteiger partial charge in [0.15, 0.2) is 0 Å². The Bertz CT molecular complexity index is 1020. The van der Waals surface area contributed by atoms with Gasteiger partial charge in [0.05, 0.1) is 21.5 Å². The minimum atomic E-state index is -0.303. The predicted octanol–water partition coefficient (Wildman–Crippen LogP) is 3.38. The standard InChI is InChI=1S/C20H21N5O2/c26-25(27)18-3-1-2-16-20(18)15(10-21-16)11-24-7-6-14-9-22-19(8-13-4-5-13)23-17(14)12-24/h1-3,9-10,13,21H,4-8,11-12H2. The second-order valence-electron chi connectivity index (χ2n) is 7.64. The number of fused-ring (bicyclic) bond motifs is 2. The molecule has 0 saturated heterocycles. The SMILES string of the molecule is O=[N+]([O-])c1cccc2[nH]cc(CN3CCc4cnc(CC5CC5)nc4C3)c12. The van der Waals surface area contributed by atoms with Gasteiger partial charge in [-0.3, -0.25) is 15.0 Å². The van der Waals surface area contributed by atoms with Gasteiger partial charge in [-0.1, -0.05) is 6.07 Å². The smallest absolute Gasteiger partial charge is 0.279 e. The van der Waals surface area contributed by atoms with Crippen LogP contribution in [0.5, 0.6) is 0 Å². The molecule has 1 fully saturated rings. The van der Waals surface area contributed by atoms with Crippen LogP contribution in [0.2, 0.25) is 0 Å². The van der Waals surface area contributed by atoms with Crippen molar-refractivity contribution >= 4 is 16.6 Å². The molecule has 27 heavy (non-hydrogen) atoms. The lowest BCUT2D eigenvalue weighted by atomic mass is 10.0. The molecule has 3 aromatic rings. The summed E-state index contributed by atoms with van der Waals surface area (Å²) in [5, 5.41) is 12.1. The highest BCUT2D eigenvalue weighted by molar-refractivity contribution is 5.91. The van der Waals surface area contributed by atoms with Crippen LogP contribution in [0.3, 0.4) is 0 Å². The van der Waals surface area contributed by atoms with Crippen molar-refractivity contribution < 1.29 is 4.92 Å². The summed E-state index contributed by atoms with van der Waals surface area (Å²) in [7, 11) is 0. The lowest BCUT2D eigenvalue weighted by molar-refractivity contribution is -0.383. The molecule has 0 bridgehead atoms. The highest BCUT2D eigenvalue weighted by Crippen LogP contribution is 2.32. The van der Waals surface area contributed by atoms with Crippen LogP contribution in [0, 0.1) is 16.0 Å². The average molecular weight is 363 g/mol. The van der Waals surface area contributed by atoms with Gasteiger partial charge >= 0.3 is 0 Å². The van der Waals surface area contributed by atoms with E-state index in [-0.39, 0.29) is 10.6 Å². The van der Waals surface area contributed by atoms with Gasteiger partial charge in [0, 0.05) is 44.5 Å². The normalized spacial score (nSPS) is 17.2. The summed E-state index contributed by atoms with van der Waals surface area (Å²) < 4.78 is 0. The van der Waals surface area contributed by atoms with Gasteiger partial charge in [0.25, 0.3) is 5.69 Å².